The number of fused-ring (bicyclic) bond motifs is 1. The fourth-order valence-corrected chi connectivity index (χ4v) is 7.11. The van der Waals surface area contributed by atoms with Crippen molar-refractivity contribution < 1.29 is 21.6 Å². The highest BCUT2D eigenvalue weighted by atomic mass is 35.5. The van der Waals surface area contributed by atoms with Gasteiger partial charge in [0.2, 0.25) is 5.95 Å². The molecule has 2 N–H and O–H groups in total. The average Bonchev–Trinajstić information content (AvgIpc) is 2.97. The van der Waals surface area contributed by atoms with E-state index in [0.717, 1.165) is 31.7 Å². The van der Waals surface area contributed by atoms with Gasteiger partial charge in [-0.25, -0.2) is 26.6 Å². The monoisotopic (exact) mass is 648 g/mol. The molecule has 234 valence electrons. The normalized spacial score (nSPS) is 17.4. The van der Waals surface area contributed by atoms with Crippen LogP contribution in [0.4, 0.5) is 24.8 Å². The molecule has 4 aromatic rings. The Morgan fingerprint density at radius 1 is 1.02 bits per heavy atom. The van der Waals surface area contributed by atoms with E-state index in [9.17, 15) is 13.2 Å². The van der Waals surface area contributed by atoms with Gasteiger partial charge < -0.3 is 10.2 Å². The van der Waals surface area contributed by atoms with Gasteiger partial charge in [-0.2, -0.15) is 4.98 Å². The second kappa shape index (κ2) is 12.4. The molecule has 1 fully saturated rings. The minimum atomic E-state index is -4.58. The molecule has 2 heterocycles. The first-order valence-corrected chi connectivity index (χ1v) is 15.9. The topological polar surface area (TPSA) is 109 Å². The Hall–Kier alpha value is -3.68. The van der Waals surface area contributed by atoms with Crippen molar-refractivity contribution in [1.82, 2.24) is 19.4 Å². The minimum Gasteiger partial charge on any atom is -0.351 e. The molecule has 1 aliphatic rings. The molecule has 0 spiro atoms. The van der Waals surface area contributed by atoms with Crippen LogP contribution in [0.15, 0.2) is 52.3 Å². The first-order chi connectivity index (χ1) is 20.8. The number of halogens is 4. The molecule has 0 saturated heterocycles. The molecular formula is C30H32ClF3N6O3S. The molecule has 0 aliphatic heterocycles. The second-order valence-electron chi connectivity index (χ2n) is 11.4. The number of anilines is 2. The maximum atomic E-state index is 15.5. The summed E-state index contributed by atoms with van der Waals surface area (Å²) in [7, 11) is -0.446. The van der Waals surface area contributed by atoms with Crippen LogP contribution in [0.3, 0.4) is 0 Å². The van der Waals surface area contributed by atoms with Gasteiger partial charge in [-0.3, -0.25) is 14.1 Å². The van der Waals surface area contributed by atoms with E-state index in [2.05, 4.69) is 34.3 Å². The summed E-state index contributed by atoms with van der Waals surface area (Å²) in [6.07, 6.45) is 5.38. The summed E-state index contributed by atoms with van der Waals surface area (Å²) in [6, 6.07) is 7.34. The number of nitrogens with one attached hydrogen (secondary N) is 2. The fourth-order valence-electron chi connectivity index (χ4n) is 5.52. The average molecular weight is 649 g/mol. The lowest BCUT2D eigenvalue weighted by molar-refractivity contribution is 0.221. The van der Waals surface area contributed by atoms with E-state index in [0.29, 0.717) is 23.4 Å². The number of hydrogen-bond donors (Lipinski definition) is 2. The molecule has 2 aromatic heterocycles. The number of hydrogen-bond acceptors (Lipinski definition) is 7. The summed E-state index contributed by atoms with van der Waals surface area (Å²) in [4.78, 5) is 24.4. The zero-order valence-corrected chi connectivity index (χ0v) is 26.1. The van der Waals surface area contributed by atoms with Gasteiger partial charge in [0.1, 0.15) is 16.2 Å². The maximum Gasteiger partial charge on any atom is 0.263 e. The third-order valence-corrected chi connectivity index (χ3v) is 9.71. The molecule has 1 aliphatic carbocycles. The lowest BCUT2D eigenvalue weighted by atomic mass is 9.91. The van der Waals surface area contributed by atoms with Crippen molar-refractivity contribution in [2.24, 2.45) is 0 Å². The summed E-state index contributed by atoms with van der Waals surface area (Å²) in [5.41, 5.74) is -2.71. The molecular weight excluding hydrogens is 617 g/mol. The van der Waals surface area contributed by atoms with Gasteiger partial charge in [-0.1, -0.05) is 23.7 Å². The zero-order chi connectivity index (χ0) is 31.9. The van der Waals surface area contributed by atoms with E-state index < -0.39 is 55.2 Å². The molecule has 9 nitrogen and oxygen atoms in total. The quantitative estimate of drug-likeness (QED) is 0.219. The Balaban J connectivity index is 1.52. The highest BCUT2D eigenvalue weighted by Gasteiger charge is 2.28. The molecule has 44 heavy (non-hydrogen) atoms. The Labute approximate surface area is 258 Å². The van der Waals surface area contributed by atoms with Crippen LogP contribution < -0.4 is 15.6 Å². The van der Waals surface area contributed by atoms with Crippen molar-refractivity contribution in [2.45, 2.75) is 62.6 Å². The van der Waals surface area contributed by atoms with E-state index in [1.54, 1.807) is 18.6 Å². The third-order valence-electron chi connectivity index (χ3n) is 7.86. The van der Waals surface area contributed by atoms with Crippen LogP contribution in [0.5, 0.6) is 0 Å². The number of sulfonamides is 1. The summed E-state index contributed by atoms with van der Waals surface area (Å²) in [5.74, 6) is -4.51. The first-order valence-electron chi connectivity index (χ1n) is 14.1. The van der Waals surface area contributed by atoms with Crippen LogP contribution in [0.2, 0.25) is 5.02 Å². The van der Waals surface area contributed by atoms with E-state index in [-0.39, 0.29) is 22.3 Å². The molecule has 14 heteroatoms. The molecule has 0 radical (unpaired) electrons. The van der Waals surface area contributed by atoms with E-state index in [4.69, 9.17) is 11.6 Å². The van der Waals surface area contributed by atoms with Crippen molar-refractivity contribution >= 4 is 44.3 Å². The fraction of sp³-hybridized carbons (Fsp3) is 0.367. The Kier molecular flexibility index (Phi) is 8.92. The van der Waals surface area contributed by atoms with Crippen molar-refractivity contribution in [3.63, 3.8) is 0 Å². The van der Waals surface area contributed by atoms with Gasteiger partial charge >= 0.3 is 0 Å². The molecule has 2 aromatic carbocycles. The van der Waals surface area contributed by atoms with Gasteiger partial charge in [0.25, 0.3) is 15.6 Å². The summed E-state index contributed by atoms with van der Waals surface area (Å²) >= 11 is 5.94. The number of pyridine rings is 1. The zero-order valence-electron chi connectivity index (χ0n) is 24.5. The van der Waals surface area contributed by atoms with Gasteiger partial charge in [0.05, 0.1) is 10.6 Å². The van der Waals surface area contributed by atoms with Gasteiger partial charge in [-0.05, 0) is 77.9 Å². The van der Waals surface area contributed by atoms with Crippen molar-refractivity contribution in [2.75, 3.05) is 24.1 Å². The largest absolute Gasteiger partial charge is 0.351 e. The Morgan fingerprint density at radius 2 is 1.70 bits per heavy atom. The lowest BCUT2D eigenvalue weighted by Gasteiger charge is -2.33. The van der Waals surface area contributed by atoms with E-state index in [1.165, 1.54) is 35.0 Å². The summed E-state index contributed by atoms with van der Waals surface area (Å²) in [6.45, 7) is 3.46. The Morgan fingerprint density at radius 3 is 2.34 bits per heavy atom. The first kappa shape index (κ1) is 31.7. The highest BCUT2D eigenvalue weighted by molar-refractivity contribution is 7.92. The molecule has 0 amide bonds. The van der Waals surface area contributed by atoms with Crippen LogP contribution in [0.25, 0.3) is 22.2 Å². The summed E-state index contributed by atoms with van der Waals surface area (Å²) in [5, 5.41) is 3.50. The van der Waals surface area contributed by atoms with Crippen molar-refractivity contribution in [1.29, 1.82) is 0 Å². The SMILES string of the molecule is CC(C)n1c(=O)c(-c2cc(F)c(NS(=O)(=O)c3ccccc3Cl)c(F)c2F)cc2cnc(NC3CCC(N(C)C)CC3)nc21. The standard InChI is InChI=1S/C30H32ClF3N6O3S/c1-16(2)40-28-17(15-35-30(37-28)36-18-9-11-19(12-10-18)39(3)4)13-21(29(40)41)20-14-23(32)27(26(34)25(20)33)38-44(42,43)24-8-6-5-7-22(24)31/h5-8,13-16,18-19,38H,9-12H2,1-4H3,(H,35,36,37). The van der Waals surface area contributed by atoms with E-state index in [1.807, 2.05) is 0 Å². The maximum absolute atomic E-state index is 15.5. The van der Waals surface area contributed by atoms with Crippen LogP contribution in [0.1, 0.15) is 45.6 Å². The molecule has 0 atom stereocenters. The molecule has 0 bridgehead atoms. The summed E-state index contributed by atoms with van der Waals surface area (Å²) < 4.78 is 74.7. The lowest BCUT2D eigenvalue weighted by Crippen LogP contribution is -2.36. The second-order valence-corrected chi connectivity index (χ2v) is 13.4. The van der Waals surface area contributed by atoms with Crippen LogP contribution in [0, 0.1) is 17.5 Å². The third kappa shape index (κ3) is 6.13. The minimum absolute atomic E-state index is 0.163. The Bertz CT molecular complexity index is 1890. The number of benzene rings is 2. The number of aromatic nitrogens is 3. The predicted molar refractivity (Wildman–Crippen MR) is 165 cm³/mol. The highest BCUT2D eigenvalue weighted by Crippen LogP contribution is 2.34. The van der Waals surface area contributed by atoms with Crippen LogP contribution in [-0.4, -0.2) is 54.0 Å². The van der Waals surface area contributed by atoms with Gasteiger partial charge in [0, 0.05) is 35.3 Å². The van der Waals surface area contributed by atoms with Gasteiger partial charge in [0.15, 0.2) is 17.5 Å². The molecule has 5 rings (SSSR count). The van der Waals surface area contributed by atoms with Crippen molar-refractivity contribution in [3.05, 3.63) is 75.4 Å². The molecule has 1 saturated carbocycles. The van der Waals surface area contributed by atoms with Crippen molar-refractivity contribution in [3.8, 4) is 11.1 Å². The van der Waals surface area contributed by atoms with Crippen LogP contribution >= 0.6 is 11.6 Å². The van der Waals surface area contributed by atoms with Gasteiger partial charge in [-0.15, -0.1) is 0 Å². The number of nitrogens with zero attached hydrogens (tertiary/aromatic N) is 4. The van der Waals surface area contributed by atoms with E-state index >= 15 is 13.2 Å². The number of rotatable bonds is 8. The predicted octanol–water partition coefficient (Wildman–Crippen LogP) is 6.20. The van der Waals surface area contributed by atoms with Crippen LogP contribution in [-0.2, 0) is 10.0 Å². The molecule has 0 unspecified atom stereocenters. The smallest absolute Gasteiger partial charge is 0.263 e.